The Labute approximate surface area is 173 Å². The SMILES string of the molecule is COc1ccc(C2(C)NC(=O)N(CC(=O)N3CCc4cc(Cl)ccc43)C2=O)cc1. The quantitative estimate of drug-likeness (QED) is 0.782. The molecule has 2 aliphatic rings. The fourth-order valence-corrected chi connectivity index (χ4v) is 4.01. The Bertz CT molecular complexity index is 1010. The van der Waals surface area contributed by atoms with Gasteiger partial charge in [-0.2, -0.15) is 0 Å². The summed E-state index contributed by atoms with van der Waals surface area (Å²) in [6, 6.07) is 11.7. The second kappa shape index (κ2) is 7.08. The molecule has 0 spiro atoms. The molecule has 2 aromatic carbocycles. The molecule has 0 saturated carbocycles. The van der Waals surface area contributed by atoms with Gasteiger partial charge in [0.2, 0.25) is 5.91 Å². The Morgan fingerprint density at radius 3 is 2.62 bits per heavy atom. The van der Waals surface area contributed by atoms with Crippen LogP contribution in [0.4, 0.5) is 10.5 Å². The molecule has 1 fully saturated rings. The maximum absolute atomic E-state index is 13.1. The van der Waals surface area contributed by atoms with Crippen LogP contribution in [0.5, 0.6) is 5.75 Å². The third-order valence-corrected chi connectivity index (χ3v) is 5.71. The van der Waals surface area contributed by atoms with Crippen LogP contribution in [-0.4, -0.2) is 42.9 Å². The number of methoxy groups -OCH3 is 1. The largest absolute Gasteiger partial charge is 0.497 e. The third-order valence-electron chi connectivity index (χ3n) is 5.47. The van der Waals surface area contributed by atoms with Crippen molar-refractivity contribution in [2.24, 2.45) is 0 Å². The fourth-order valence-electron chi connectivity index (χ4n) is 3.81. The molecule has 0 aromatic heterocycles. The van der Waals surface area contributed by atoms with Gasteiger partial charge in [0.25, 0.3) is 5.91 Å². The topological polar surface area (TPSA) is 79.0 Å². The molecule has 150 valence electrons. The predicted molar refractivity (Wildman–Crippen MR) is 108 cm³/mol. The standard InChI is InChI=1S/C21H20ClN3O4/c1-21(14-3-6-16(29-2)7-4-14)19(27)25(20(28)23-21)12-18(26)24-10-9-13-11-15(22)5-8-17(13)24/h3-8,11H,9-10,12H2,1-2H3,(H,23,28). The molecule has 1 atom stereocenters. The van der Waals surface area contributed by atoms with Gasteiger partial charge in [0.05, 0.1) is 7.11 Å². The van der Waals surface area contributed by atoms with Crippen LogP contribution < -0.4 is 15.0 Å². The van der Waals surface area contributed by atoms with Gasteiger partial charge in [-0.3, -0.25) is 14.5 Å². The first-order valence-corrected chi connectivity index (χ1v) is 9.59. The highest BCUT2D eigenvalue weighted by Crippen LogP contribution is 2.32. The Morgan fingerprint density at radius 1 is 1.21 bits per heavy atom. The first kappa shape index (κ1) is 19.3. The van der Waals surface area contributed by atoms with E-state index in [0.29, 0.717) is 29.3 Å². The summed E-state index contributed by atoms with van der Waals surface area (Å²) in [5, 5.41) is 3.33. The van der Waals surface area contributed by atoms with E-state index < -0.39 is 17.5 Å². The van der Waals surface area contributed by atoms with E-state index >= 15 is 0 Å². The van der Waals surface area contributed by atoms with Gasteiger partial charge in [0, 0.05) is 17.3 Å². The summed E-state index contributed by atoms with van der Waals surface area (Å²) in [4.78, 5) is 41.0. The van der Waals surface area contributed by atoms with Gasteiger partial charge < -0.3 is 15.0 Å². The van der Waals surface area contributed by atoms with Crippen LogP contribution in [0.15, 0.2) is 42.5 Å². The molecule has 0 radical (unpaired) electrons. The highest BCUT2D eigenvalue weighted by atomic mass is 35.5. The number of anilines is 1. The second-order valence-electron chi connectivity index (χ2n) is 7.24. The minimum Gasteiger partial charge on any atom is -0.497 e. The molecule has 8 heteroatoms. The van der Waals surface area contributed by atoms with E-state index in [1.165, 1.54) is 0 Å². The number of carbonyl (C=O) groups is 3. The summed E-state index contributed by atoms with van der Waals surface area (Å²) in [6.07, 6.45) is 0.686. The zero-order valence-corrected chi connectivity index (χ0v) is 16.8. The average molecular weight is 414 g/mol. The lowest BCUT2D eigenvalue weighted by molar-refractivity contribution is -0.134. The van der Waals surface area contributed by atoms with Crippen molar-refractivity contribution in [2.75, 3.05) is 25.1 Å². The van der Waals surface area contributed by atoms with E-state index in [-0.39, 0.29) is 12.5 Å². The number of nitrogens with zero attached hydrogens (tertiary/aromatic N) is 2. The van der Waals surface area contributed by atoms with Crippen LogP contribution in [0, 0.1) is 0 Å². The number of fused-ring (bicyclic) bond motifs is 1. The number of urea groups is 1. The molecule has 2 aliphatic heterocycles. The van der Waals surface area contributed by atoms with Crippen LogP contribution in [-0.2, 0) is 21.5 Å². The molecule has 1 saturated heterocycles. The van der Waals surface area contributed by atoms with E-state index in [2.05, 4.69) is 5.32 Å². The Balaban J connectivity index is 1.53. The van der Waals surface area contributed by atoms with E-state index in [1.54, 1.807) is 55.3 Å². The number of carbonyl (C=O) groups excluding carboxylic acids is 3. The Kier molecular flexibility index (Phi) is 4.70. The molecule has 0 aliphatic carbocycles. The number of nitrogens with one attached hydrogen (secondary N) is 1. The van der Waals surface area contributed by atoms with Crippen LogP contribution in [0.3, 0.4) is 0 Å². The smallest absolute Gasteiger partial charge is 0.325 e. The van der Waals surface area contributed by atoms with Gasteiger partial charge in [0.15, 0.2) is 0 Å². The van der Waals surface area contributed by atoms with E-state index in [4.69, 9.17) is 16.3 Å². The number of hydrogen-bond donors (Lipinski definition) is 1. The van der Waals surface area contributed by atoms with Gasteiger partial charge >= 0.3 is 6.03 Å². The summed E-state index contributed by atoms with van der Waals surface area (Å²) in [5.74, 6) is -0.126. The zero-order chi connectivity index (χ0) is 20.8. The molecule has 29 heavy (non-hydrogen) atoms. The first-order valence-electron chi connectivity index (χ1n) is 9.21. The van der Waals surface area contributed by atoms with Crippen molar-refractivity contribution in [1.29, 1.82) is 0 Å². The minimum absolute atomic E-state index is 0.312. The lowest BCUT2D eigenvalue weighted by Crippen LogP contribution is -2.44. The zero-order valence-electron chi connectivity index (χ0n) is 16.1. The second-order valence-corrected chi connectivity index (χ2v) is 7.68. The number of imide groups is 1. The van der Waals surface area contributed by atoms with E-state index in [9.17, 15) is 14.4 Å². The maximum atomic E-state index is 13.1. The third kappa shape index (κ3) is 3.21. The summed E-state index contributed by atoms with van der Waals surface area (Å²) in [6.45, 7) is 1.80. The van der Waals surface area contributed by atoms with E-state index in [0.717, 1.165) is 16.2 Å². The van der Waals surface area contributed by atoms with Crippen molar-refractivity contribution in [1.82, 2.24) is 10.2 Å². The Morgan fingerprint density at radius 2 is 1.93 bits per heavy atom. The van der Waals surface area contributed by atoms with Crippen molar-refractivity contribution in [2.45, 2.75) is 18.9 Å². The number of amides is 4. The highest BCUT2D eigenvalue weighted by Gasteiger charge is 2.49. The fraction of sp³-hybridized carbons (Fsp3) is 0.286. The van der Waals surface area contributed by atoms with Crippen LogP contribution in [0.2, 0.25) is 5.02 Å². The minimum atomic E-state index is -1.24. The molecule has 1 N–H and O–H groups in total. The number of hydrogen-bond acceptors (Lipinski definition) is 4. The van der Waals surface area contributed by atoms with Crippen LogP contribution in [0.25, 0.3) is 0 Å². The molecule has 0 bridgehead atoms. The number of halogens is 1. The predicted octanol–water partition coefficient (Wildman–Crippen LogP) is 2.70. The van der Waals surface area contributed by atoms with Crippen LogP contribution >= 0.6 is 11.6 Å². The molecule has 4 rings (SSSR count). The number of rotatable bonds is 4. The Hall–Kier alpha value is -3.06. The average Bonchev–Trinajstić information content (AvgIpc) is 3.22. The highest BCUT2D eigenvalue weighted by molar-refractivity contribution is 6.30. The van der Waals surface area contributed by atoms with Crippen molar-refractivity contribution in [3.63, 3.8) is 0 Å². The molecule has 7 nitrogen and oxygen atoms in total. The van der Waals surface area contributed by atoms with Gasteiger partial charge in [-0.1, -0.05) is 23.7 Å². The summed E-state index contributed by atoms with van der Waals surface area (Å²) in [7, 11) is 1.55. The molecular formula is C21H20ClN3O4. The number of ether oxygens (including phenoxy) is 1. The number of benzene rings is 2. The van der Waals surface area contributed by atoms with Gasteiger partial charge in [-0.25, -0.2) is 4.79 Å². The van der Waals surface area contributed by atoms with Crippen molar-refractivity contribution in [3.05, 3.63) is 58.6 Å². The maximum Gasteiger partial charge on any atom is 0.325 e. The van der Waals surface area contributed by atoms with E-state index in [1.807, 2.05) is 6.07 Å². The summed E-state index contributed by atoms with van der Waals surface area (Å²) < 4.78 is 5.14. The van der Waals surface area contributed by atoms with Crippen molar-refractivity contribution < 1.29 is 19.1 Å². The van der Waals surface area contributed by atoms with Gasteiger partial charge in [0.1, 0.15) is 17.8 Å². The molecule has 1 unspecified atom stereocenters. The van der Waals surface area contributed by atoms with Crippen molar-refractivity contribution in [3.8, 4) is 5.75 Å². The molecule has 4 amide bonds. The molecule has 2 aromatic rings. The summed E-state index contributed by atoms with van der Waals surface area (Å²) in [5.41, 5.74) is 1.13. The normalized spacial score (nSPS) is 20.7. The summed E-state index contributed by atoms with van der Waals surface area (Å²) >= 11 is 6.02. The first-order chi connectivity index (χ1) is 13.8. The molecular weight excluding hydrogens is 394 g/mol. The van der Waals surface area contributed by atoms with Gasteiger partial charge in [-0.15, -0.1) is 0 Å². The van der Waals surface area contributed by atoms with Crippen molar-refractivity contribution >= 4 is 35.1 Å². The molecule has 2 heterocycles. The lowest BCUT2D eigenvalue weighted by atomic mass is 9.92. The lowest BCUT2D eigenvalue weighted by Gasteiger charge is -2.23. The van der Waals surface area contributed by atoms with Crippen LogP contribution in [0.1, 0.15) is 18.1 Å². The monoisotopic (exact) mass is 413 g/mol. The van der Waals surface area contributed by atoms with Gasteiger partial charge in [-0.05, 0) is 54.8 Å².